The van der Waals surface area contributed by atoms with Crippen LogP contribution in [-0.2, 0) is 45.9 Å². The van der Waals surface area contributed by atoms with Gasteiger partial charge in [-0.25, -0.2) is 0 Å². The Balaban J connectivity index is 0.000000416. The third-order valence-corrected chi connectivity index (χ3v) is 2.80. The van der Waals surface area contributed by atoms with E-state index < -0.39 is 5.79 Å². The van der Waals surface area contributed by atoms with Crippen molar-refractivity contribution in [2.45, 2.75) is 12.7 Å². The van der Waals surface area contributed by atoms with Crippen LogP contribution in [0.1, 0.15) is 12.5 Å². The van der Waals surface area contributed by atoms with Crippen LogP contribution in [0.2, 0.25) is 0 Å². The quantitative estimate of drug-likeness (QED) is 0.570. The number of ether oxygens (including phenoxy) is 2. The van der Waals surface area contributed by atoms with Crippen molar-refractivity contribution in [2.75, 3.05) is 25.2 Å². The molecule has 1 aromatic carbocycles. The number of carbonyl (C=O) groups is 1. The summed E-state index contributed by atoms with van der Waals surface area (Å²) in [4.78, 5) is 22.3. The molecule has 0 aromatic heterocycles. The van der Waals surface area contributed by atoms with E-state index in [4.69, 9.17) is 14.3 Å². The molecule has 6 heteroatoms. The normalized spacial score (nSPS) is 18.4. The van der Waals surface area contributed by atoms with E-state index in [9.17, 15) is 4.79 Å². The molecule has 1 aromatic rings. The molecule has 0 bridgehead atoms. The van der Waals surface area contributed by atoms with Gasteiger partial charge in [-0.05, 0) is 0 Å². The third-order valence-electron chi connectivity index (χ3n) is 2.80. The van der Waals surface area contributed by atoms with Crippen molar-refractivity contribution in [3.63, 3.8) is 0 Å². The number of anilines is 1. The zero-order valence-corrected chi connectivity index (χ0v) is 13.6. The summed E-state index contributed by atoms with van der Waals surface area (Å²) >= 11 is 0. The Bertz CT molecular complexity index is 471. The molecule has 0 aliphatic carbocycles. The fourth-order valence-corrected chi connectivity index (χ4v) is 2.09. The second kappa shape index (κ2) is 6.42. The first-order valence-corrected chi connectivity index (χ1v) is 5.53. The van der Waals surface area contributed by atoms with Gasteiger partial charge in [0, 0.05) is 7.05 Å². The number of carbonyl (C=O) groups excluding carboxylic acids is 2. The van der Waals surface area contributed by atoms with E-state index in [-0.39, 0.29) is 27.0 Å². The van der Waals surface area contributed by atoms with Crippen molar-refractivity contribution in [3.05, 3.63) is 29.8 Å². The van der Waals surface area contributed by atoms with Crippen LogP contribution in [0.25, 0.3) is 0 Å². The van der Waals surface area contributed by atoms with Gasteiger partial charge < -0.3 is 19.2 Å². The molecule has 2 aliphatic rings. The van der Waals surface area contributed by atoms with Gasteiger partial charge in [-0.2, -0.15) is 25.1 Å². The van der Waals surface area contributed by atoms with Crippen LogP contribution in [-0.4, -0.2) is 32.5 Å². The maximum atomic E-state index is 12.0. The molecule has 3 rings (SSSR count). The molecule has 0 atom stereocenters. The van der Waals surface area contributed by atoms with Gasteiger partial charge in [-0.3, -0.25) is 11.1 Å². The zero-order chi connectivity index (χ0) is 13.2. The largest absolute Gasteiger partial charge is 2.00 e. The third kappa shape index (κ3) is 2.50. The number of benzene rings is 1. The fourth-order valence-electron chi connectivity index (χ4n) is 2.09. The summed E-state index contributed by atoms with van der Waals surface area (Å²) in [5.74, 6) is -1.39. The SMILES string of the molecule is CN1C(=O)C2(OCCO2)c2[c-]cccc21.C[C-]=O.[W+2]. The van der Waals surface area contributed by atoms with Crippen LogP contribution in [0.3, 0.4) is 0 Å². The monoisotopic (exact) mass is 431 g/mol. The van der Waals surface area contributed by atoms with E-state index in [1.807, 2.05) is 12.1 Å². The molecule has 5 nitrogen and oxygen atoms in total. The Morgan fingerprint density at radius 2 is 2.00 bits per heavy atom. The second-order valence-electron chi connectivity index (χ2n) is 3.81. The van der Waals surface area contributed by atoms with Crippen molar-refractivity contribution in [3.8, 4) is 0 Å². The van der Waals surface area contributed by atoms with Gasteiger partial charge in [-0.15, -0.1) is 6.07 Å². The van der Waals surface area contributed by atoms with E-state index in [0.717, 1.165) is 5.69 Å². The Kier molecular flexibility index (Phi) is 5.41. The van der Waals surface area contributed by atoms with Crippen molar-refractivity contribution < 1.29 is 40.1 Å². The molecule has 1 amide bonds. The minimum absolute atomic E-state index is 0. The van der Waals surface area contributed by atoms with Gasteiger partial charge in [0.1, 0.15) is 0 Å². The van der Waals surface area contributed by atoms with Gasteiger partial charge in [0.05, 0.1) is 13.2 Å². The molecule has 100 valence electrons. The first kappa shape index (κ1) is 16.0. The van der Waals surface area contributed by atoms with Crippen LogP contribution in [0.4, 0.5) is 5.69 Å². The predicted octanol–water partition coefficient (Wildman–Crippen LogP) is 0.776. The number of hydrogen-bond donors (Lipinski definition) is 0. The minimum Gasteiger partial charge on any atom is -0.542 e. The van der Waals surface area contributed by atoms with Crippen molar-refractivity contribution >= 4 is 17.9 Å². The molecular weight excluding hydrogens is 418 g/mol. The molecule has 0 unspecified atom stereocenters. The Morgan fingerprint density at radius 3 is 2.58 bits per heavy atom. The summed E-state index contributed by atoms with van der Waals surface area (Å²) in [5, 5.41) is 0. The number of amides is 1. The summed E-state index contributed by atoms with van der Waals surface area (Å²) in [6, 6.07) is 8.50. The predicted molar refractivity (Wildman–Crippen MR) is 63.6 cm³/mol. The van der Waals surface area contributed by atoms with Crippen LogP contribution in [0, 0.1) is 6.07 Å². The van der Waals surface area contributed by atoms with Gasteiger partial charge in [-0.1, -0.05) is 11.3 Å². The first-order chi connectivity index (χ1) is 8.67. The number of rotatable bonds is 0. The number of likely N-dealkylation sites (N-methyl/N-ethyl adjacent to an activating group) is 1. The zero-order valence-electron chi connectivity index (χ0n) is 10.6. The average molecular weight is 431 g/mol. The number of nitrogens with zero attached hydrogens (tertiary/aromatic N) is 1. The Labute approximate surface area is 126 Å². The van der Waals surface area contributed by atoms with Gasteiger partial charge in [0.15, 0.2) is 0 Å². The van der Waals surface area contributed by atoms with Gasteiger partial charge in [0.2, 0.25) is 0 Å². The van der Waals surface area contributed by atoms with Crippen molar-refractivity contribution in [2.24, 2.45) is 0 Å². The van der Waals surface area contributed by atoms with Crippen LogP contribution < -0.4 is 4.90 Å². The van der Waals surface area contributed by atoms with E-state index >= 15 is 0 Å². The van der Waals surface area contributed by atoms with Crippen LogP contribution >= 0.6 is 0 Å². The van der Waals surface area contributed by atoms with Crippen molar-refractivity contribution in [1.82, 2.24) is 0 Å². The van der Waals surface area contributed by atoms with E-state index in [1.54, 1.807) is 18.0 Å². The first-order valence-electron chi connectivity index (χ1n) is 5.53. The Morgan fingerprint density at radius 1 is 1.42 bits per heavy atom. The molecule has 1 saturated heterocycles. The second-order valence-corrected chi connectivity index (χ2v) is 3.81. The molecule has 1 spiro atoms. The maximum Gasteiger partial charge on any atom is 2.00 e. The van der Waals surface area contributed by atoms with Gasteiger partial charge >= 0.3 is 21.1 Å². The van der Waals surface area contributed by atoms with Crippen molar-refractivity contribution in [1.29, 1.82) is 0 Å². The molecule has 0 N–H and O–H groups in total. The topological polar surface area (TPSA) is 55.8 Å². The van der Waals surface area contributed by atoms with Crippen LogP contribution in [0.5, 0.6) is 0 Å². The summed E-state index contributed by atoms with van der Waals surface area (Å²) in [7, 11) is 1.72. The van der Waals surface area contributed by atoms with Gasteiger partial charge in [0.25, 0.3) is 11.7 Å². The number of hydrogen-bond acceptors (Lipinski definition) is 4. The molecule has 0 saturated carbocycles. The fraction of sp³-hybridized carbons (Fsp3) is 0.385. The molecular formula is C13H13NO4W. The average Bonchev–Trinajstić information content (AvgIpc) is 2.94. The maximum absolute atomic E-state index is 12.0. The van der Waals surface area contributed by atoms with E-state index in [2.05, 4.69) is 6.07 Å². The van der Waals surface area contributed by atoms with E-state index in [1.165, 1.54) is 13.2 Å². The minimum atomic E-state index is -1.22. The molecule has 1 fully saturated rings. The summed E-state index contributed by atoms with van der Waals surface area (Å²) in [5.41, 5.74) is 1.50. The van der Waals surface area contributed by atoms with E-state index in [0.29, 0.717) is 18.8 Å². The molecule has 19 heavy (non-hydrogen) atoms. The van der Waals surface area contributed by atoms with Crippen LogP contribution in [0.15, 0.2) is 18.2 Å². The Hall–Kier alpha value is -1.03. The summed E-state index contributed by atoms with van der Waals surface area (Å²) < 4.78 is 10.9. The standard InChI is InChI=1S/C11H10NO3.C2H3O.W/c1-12-9-5-3-2-4-8(9)11(10(12)13)14-6-7-15-11;1-2-3;/h2-3,5H,6-7H2,1H3;1H3;/q2*-1;+2. The summed E-state index contributed by atoms with van der Waals surface area (Å²) in [6.07, 6.45) is 1.50. The number of fused-ring (bicyclic) bond motifs is 2. The summed E-state index contributed by atoms with van der Waals surface area (Å²) in [6.45, 7) is 2.21. The molecule has 2 heterocycles. The smallest absolute Gasteiger partial charge is 0.542 e. The molecule has 0 radical (unpaired) electrons. The molecule has 2 aliphatic heterocycles.